The van der Waals surface area contributed by atoms with E-state index < -0.39 is 0 Å². The molecule has 0 saturated heterocycles. The monoisotopic (exact) mass is 250 g/mol. The van der Waals surface area contributed by atoms with Crippen molar-refractivity contribution in [3.8, 4) is 10.8 Å². The number of aromatic nitrogens is 1. The van der Waals surface area contributed by atoms with Gasteiger partial charge in [-0.3, -0.25) is 0 Å². The van der Waals surface area contributed by atoms with E-state index >= 15 is 0 Å². The van der Waals surface area contributed by atoms with E-state index in [4.69, 9.17) is 4.42 Å². The average Bonchev–Trinajstić information content (AvgIpc) is 2.97. The van der Waals surface area contributed by atoms with Crippen LogP contribution in [-0.2, 0) is 13.0 Å². The van der Waals surface area contributed by atoms with Gasteiger partial charge >= 0.3 is 0 Å². The zero-order valence-electron chi connectivity index (χ0n) is 10.3. The number of rotatable bonds is 6. The molecular weight excluding hydrogens is 232 g/mol. The summed E-state index contributed by atoms with van der Waals surface area (Å²) in [5, 5.41) is 3.31. The molecule has 92 valence electrons. The highest BCUT2D eigenvalue weighted by atomic mass is 32.1. The van der Waals surface area contributed by atoms with Crippen LogP contribution in [0, 0.1) is 0 Å². The van der Waals surface area contributed by atoms with Gasteiger partial charge in [0.25, 0.3) is 0 Å². The Kier molecular flexibility index (Phi) is 4.34. The van der Waals surface area contributed by atoms with Crippen molar-refractivity contribution in [2.24, 2.45) is 0 Å². The Morgan fingerprint density at radius 2 is 2.24 bits per heavy atom. The van der Waals surface area contributed by atoms with E-state index in [1.165, 1.54) is 4.88 Å². The molecule has 0 amide bonds. The van der Waals surface area contributed by atoms with Gasteiger partial charge in [0.15, 0.2) is 0 Å². The lowest BCUT2D eigenvalue weighted by molar-refractivity contribution is 0.571. The van der Waals surface area contributed by atoms with Crippen LogP contribution >= 0.6 is 11.3 Å². The molecule has 0 fully saturated rings. The lowest BCUT2D eigenvalue weighted by atomic mass is 10.3. The summed E-state index contributed by atoms with van der Waals surface area (Å²) in [6.45, 7) is 6.11. The fourth-order valence-electron chi connectivity index (χ4n) is 1.58. The molecule has 0 unspecified atom stereocenters. The highest BCUT2D eigenvalue weighted by molar-refractivity contribution is 7.15. The van der Waals surface area contributed by atoms with Crippen LogP contribution in [0.15, 0.2) is 22.8 Å². The van der Waals surface area contributed by atoms with Crippen molar-refractivity contribution in [3.63, 3.8) is 0 Å². The molecule has 0 aromatic carbocycles. The minimum atomic E-state index is 0.739. The van der Waals surface area contributed by atoms with Crippen molar-refractivity contribution >= 4 is 11.3 Å². The first-order valence-electron chi connectivity index (χ1n) is 6.07. The summed E-state index contributed by atoms with van der Waals surface area (Å²) in [5.41, 5.74) is 0.972. The van der Waals surface area contributed by atoms with E-state index in [-0.39, 0.29) is 0 Å². The number of hydrogen-bond donors (Lipinski definition) is 1. The summed E-state index contributed by atoms with van der Waals surface area (Å²) in [5.74, 6) is 0.739. The Morgan fingerprint density at radius 3 is 2.94 bits per heavy atom. The second-order valence-corrected chi connectivity index (χ2v) is 5.11. The topological polar surface area (TPSA) is 38.1 Å². The zero-order chi connectivity index (χ0) is 12.1. The molecule has 1 N–H and O–H groups in total. The first kappa shape index (κ1) is 12.3. The molecular formula is C13H18N2OS. The lowest BCUT2D eigenvalue weighted by Crippen LogP contribution is -2.13. The summed E-state index contributed by atoms with van der Waals surface area (Å²) in [6, 6.07) is 4.22. The molecule has 0 radical (unpaired) electrons. The molecule has 2 heterocycles. The van der Waals surface area contributed by atoms with Crippen LogP contribution in [0.3, 0.4) is 0 Å². The quantitative estimate of drug-likeness (QED) is 0.798. The lowest BCUT2D eigenvalue weighted by Gasteiger charge is -1.96. The molecule has 0 saturated carbocycles. The second kappa shape index (κ2) is 5.98. The first-order valence-corrected chi connectivity index (χ1v) is 6.89. The molecule has 3 nitrogen and oxygen atoms in total. The van der Waals surface area contributed by atoms with Crippen LogP contribution in [0.1, 0.15) is 30.8 Å². The summed E-state index contributed by atoms with van der Waals surface area (Å²) in [6.07, 6.45) is 3.94. The molecule has 0 atom stereocenters. The third kappa shape index (κ3) is 3.17. The Morgan fingerprint density at radius 1 is 1.35 bits per heavy atom. The van der Waals surface area contributed by atoms with Gasteiger partial charge < -0.3 is 9.73 Å². The Labute approximate surface area is 106 Å². The summed E-state index contributed by atoms with van der Waals surface area (Å²) in [7, 11) is 0. The third-order valence-corrected chi connectivity index (χ3v) is 3.72. The predicted octanol–water partition coefficient (Wildman–Crippen LogP) is 3.47. The minimum Gasteiger partial charge on any atom is -0.444 e. The van der Waals surface area contributed by atoms with Gasteiger partial charge in [0, 0.05) is 11.4 Å². The normalized spacial score (nSPS) is 10.9. The maximum atomic E-state index is 5.50. The number of nitrogens with zero attached hydrogens (tertiary/aromatic N) is 1. The van der Waals surface area contributed by atoms with E-state index in [1.807, 2.05) is 0 Å². The van der Waals surface area contributed by atoms with Gasteiger partial charge in [-0.1, -0.05) is 13.8 Å². The standard InChI is InChI=1S/C13H18N2OS/c1-3-7-14-8-10-9-16-13(15-10)12-6-5-11(4-2)17-12/h5-6,9,14H,3-4,7-8H2,1-2H3. The molecule has 0 spiro atoms. The SMILES string of the molecule is CCCNCc1coc(-c2ccc(CC)s2)n1. The molecule has 17 heavy (non-hydrogen) atoms. The van der Waals surface area contributed by atoms with Gasteiger partial charge in [-0.25, -0.2) is 4.98 Å². The fourth-order valence-corrected chi connectivity index (χ4v) is 2.46. The first-order chi connectivity index (χ1) is 8.33. The van der Waals surface area contributed by atoms with Gasteiger partial charge in [-0.2, -0.15) is 0 Å². The number of nitrogens with one attached hydrogen (secondary N) is 1. The number of thiophene rings is 1. The molecule has 0 aliphatic rings. The van der Waals surface area contributed by atoms with Crippen molar-refractivity contribution < 1.29 is 4.42 Å². The largest absolute Gasteiger partial charge is 0.444 e. The summed E-state index contributed by atoms with van der Waals surface area (Å²) in [4.78, 5) is 6.96. The second-order valence-electron chi connectivity index (χ2n) is 3.94. The van der Waals surface area contributed by atoms with Crippen molar-refractivity contribution in [3.05, 3.63) is 29.0 Å². The summed E-state index contributed by atoms with van der Waals surface area (Å²) >= 11 is 1.75. The maximum Gasteiger partial charge on any atom is 0.236 e. The molecule has 2 rings (SSSR count). The van der Waals surface area contributed by atoms with E-state index in [9.17, 15) is 0 Å². The Bertz CT molecular complexity index is 461. The highest BCUT2D eigenvalue weighted by Crippen LogP contribution is 2.27. The van der Waals surface area contributed by atoms with Crippen molar-refractivity contribution in [1.82, 2.24) is 10.3 Å². The number of aryl methyl sites for hydroxylation is 1. The third-order valence-electron chi connectivity index (χ3n) is 2.51. The molecule has 4 heteroatoms. The van der Waals surface area contributed by atoms with Gasteiger partial charge in [0.1, 0.15) is 6.26 Å². The maximum absolute atomic E-state index is 5.50. The van der Waals surface area contributed by atoms with Crippen LogP contribution in [0.5, 0.6) is 0 Å². The predicted molar refractivity (Wildman–Crippen MR) is 71.2 cm³/mol. The number of hydrogen-bond acceptors (Lipinski definition) is 4. The average molecular weight is 250 g/mol. The highest BCUT2D eigenvalue weighted by Gasteiger charge is 2.08. The minimum absolute atomic E-state index is 0.739. The molecule has 0 aliphatic carbocycles. The van der Waals surface area contributed by atoms with Crippen molar-refractivity contribution in [2.45, 2.75) is 33.2 Å². The van der Waals surface area contributed by atoms with Crippen LogP contribution in [-0.4, -0.2) is 11.5 Å². The molecule has 2 aromatic rings. The van der Waals surface area contributed by atoms with Gasteiger partial charge in [-0.15, -0.1) is 11.3 Å². The molecule has 0 bridgehead atoms. The Balaban J connectivity index is 2.02. The van der Waals surface area contributed by atoms with Crippen LogP contribution in [0.2, 0.25) is 0 Å². The zero-order valence-corrected chi connectivity index (χ0v) is 11.1. The van der Waals surface area contributed by atoms with Gasteiger partial charge in [0.2, 0.25) is 5.89 Å². The molecule has 2 aromatic heterocycles. The van der Waals surface area contributed by atoms with Crippen LogP contribution in [0.4, 0.5) is 0 Å². The van der Waals surface area contributed by atoms with Gasteiger partial charge in [-0.05, 0) is 31.5 Å². The van der Waals surface area contributed by atoms with E-state index in [0.29, 0.717) is 0 Å². The Hall–Kier alpha value is -1.13. The fraction of sp³-hybridized carbons (Fsp3) is 0.462. The number of oxazole rings is 1. The smallest absolute Gasteiger partial charge is 0.236 e. The van der Waals surface area contributed by atoms with Gasteiger partial charge in [0.05, 0.1) is 10.6 Å². The van der Waals surface area contributed by atoms with E-state index in [1.54, 1.807) is 17.6 Å². The van der Waals surface area contributed by atoms with Crippen molar-refractivity contribution in [1.29, 1.82) is 0 Å². The summed E-state index contributed by atoms with van der Waals surface area (Å²) < 4.78 is 5.50. The van der Waals surface area contributed by atoms with Crippen LogP contribution in [0.25, 0.3) is 10.8 Å². The van der Waals surface area contributed by atoms with Crippen molar-refractivity contribution in [2.75, 3.05) is 6.54 Å². The van der Waals surface area contributed by atoms with E-state index in [0.717, 1.165) is 42.4 Å². The molecule has 0 aliphatic heterocycles. The van der Waals surface area contributed by atoms with E-state index in [2.05, 4.69) is 36.3 Å². The van der Waals surface area contributed by atoms with Crippen LogP contribution < -0.4 is 5.32 Å².